The van der Waals surface area contributed by atoms with Crippen LogP contribution in [0.15, 0.2) is 18.2 Å². The summed E-state index contributed by atoms with van der Waals surface area (Å²) in [6.07, 6.45) is 0. The second-order valence-corrected chi connectivity index (χ2v) is 2.36. The highest BCUT2D eigenvalue weighted by Crippen LogP contribution is 2.27. The standard InChI is InChI=1S/C7H7ClO2.CH2O2/c1-10-7-4-5(8)2-3-6(7)9;2-1-3/h2-4,9H,1H3;1H,(H,2,3). The maximum Gasteiger partial charge on any atom is 0.290 e. The maximum atomic E-state index is 9.05. The second kappa shape index (κ2) is 6.14. The van der Waals surface area contributed by atoms with Crippen LogP contribution in [-0.4, -0.2) is 23.8 Å². The van der Waals surface area contributed by atoms with Crippen LogP contribution < -0.4 is 4.74 Å². The Balaban J connectivity index is 0.000000424. The number of hydrogen-bond donors (Lipinski definition) is 2. The Bertz CT molecular complexity index is 275. The molecule has 5 heteroatoms. The van der Waals surface area contributed by atoms with Gasteiger partial charge in [-0.3, -0.25) is 4.79 Å². The lowest BCUT2D eigenvalue weighted by molar-refractivity contribution is -0.122. The molecule has 0 atom stereocenters. The molecule has 0 spiro atoms. The van der Waals surface area contributed by atoms with Gasteiger partial charge in [0, 0.05) is 11.1 Å². The molecule has 13 heavy (non-hydrogen) atoms. The van der Waals surface area contributed by atoms with Gasteiger partial charge in [0.2, 0.25) is 0 Å². The molecule has 0 saturated carbocycles. The summed E-state index contributed by atoms with van der Waals surface area (Å²) in [5.74, 6) is 0.499. The van der Waals surface area contributed by atoms with E-state index in [9.17, 15) is 0 Å². The minimum absolute atomic E-state index is 0.104. The van der Waals surface area contributed by atoms with E-state index in [1.54, 1.807) is 12.1 Å². The van der Waals surface area contributed by atoms with Crippen LogP contribution in [0.3, 0.4) is 0 Å². The Kier molecular flexibility index (Phi) is 5.47. The predicted octanol–water partition coefficient (Wildman–Crippen LogP) is 1.75. The maximum absolute atomic E-state index is 9.05. The van der Waals surface area contributed by atoms with Crippen molar-refractivity contribution in [3.05, 3.63) is 23.2 Å². The number of aromatic hydroxyl groups is 1. The molecule has 0 bridgehead atoms. The first-order valence-corrected chi connectivity index (χ1v) is 3.63. The van der Waals surface area contributed by atoms with E-state index in [0.29, 0.717) is 10.8 Å². The topological polar surface area (TPSA) is 66.8 Å². The van der Waals surface area contributed by atoms with Gasteiger partial charge in [-0.2, -0.15) is 0 Å². The number of hydrogen-bond acceptors (Lipinski definition) is 3. The van der Waals surface area contributed by atoms with Crippen molar-refractivity contribution >= 4 is 18.1 Å². The van der Waals surface area contributed by atoms with Gasteiger partial charge in [-0.25, -0.2) is 0 Å². The van der Waals surface area contributed by atoms with Gasteiger partial charge >= 0.3 is 0 Å². The second-order valence-electron chi connectivity index (χ2n) is 1.92. The number of ether oxygens (including phenoxy) is 1. The van der Waals surface area contributed by atoms with Gasteiger partial charge in [0.1, 0.15) is 0 Å². The summed E-state index contributed by atoms with van der Waals surface area (Å²) in [5.41, 5.74) is 0. The quantitative estimate of drug-likeness (QED) is 0.684. The van der Waals surface area contributed by atoms with Crippen molar-refractivity contribution in [2.24, 2.45) is 0 Å². The van der Waals surface area contributed by atoms with E-state index in [4.69, 9.17) is 31.3 Å². The molecule has 1 rings (SSSR count). The number of carbonyl (C=O) groups is 1. The molecule has 2 N–H and O–H groups in total. The fourth-order valence-electron chi connectivity index (χ4n) is 0.651. The number of benzene rings is 1. The highest BCUT2D eigenvalue weighted by Gasteiger charge is 1.99. The Labute approximate surface area is 80.3 Å². The van der Waals surface area contributed by atoms with Crippen molar-refractivity contribution in [3.63, 3.8) is 0 Å². The molecule has 0 fully saturated rings. The number of methoxy groups -OCH3 is 1. The fourth-order valence-corrected chi connectivity index (χ4v) is 0.814. The zero-order valence-electron chi connectivity index (χ0n) is 6.90. The van der Waals surface area contributed by atoms with E-state index < -0.39 is 0 Å². The number of carboxylic acid groups (broad SMARTS) is 1. The van der Waals surface area contributed by atoms with Crippen molar-refractivity contribution < 1.29 is 19.7 Å². The fraction of sp³-hybridized carbons (Fsp3) is 0.125. The van der Waals surface area contributed by atoms with Gasteiger partial charge in [-0.05, 0) is 12.1 Å². The van der Waals surface area contributed by atoms with E-state index in [2.05, 4.69) is 0 Å². The molecule has 0 heterocycles. The van der Waals surface area contributed by atoms with Crippen LogP contribution in [0.25, 0.3) is 0 Å². The molecule has 4 nitrogen and oxygen atoms in total. The number of rotatable bonds is 1. The molecule has 0 aromatic heterocycles. The van der Waals surface area contributed by atoms with Crippen LogP contribution >= 0.6 is 11.6 Å². The van der Waals surface area contributed by atoms with Crippen molar-refractivity contribution in [3.8, 4) is 11.5 Å². The third kappa shape index (κ3) is 4.22. The molecular formula is C8H9ClO4. The summed E-state index contributed by atoms with van der Waals surface area (Å²) < 4.78 is 4.79. The SMILES string of the molecule is COc1cc(Cl)ccc1O.O=CO. The summed E-state index contributed by atoms with van der Waals surface area (Å²) in [6.45, 7) is -0.250. The molecule has 1 aromatic carbocycles. The number of phenolic OH excluding ortho intramolecular Hbond substituents is 1. The minimum atomic E-state index is -0.250. The first kappa shape index (κ1) is 11.6. The first-order valence-electron chi connectivity index (χ1n) is 3.26. The Morgan fingerprint density at radius 3 is 2.46 bits per heavy atom. The molecule has 1 aromatic rings. The van der Waals surface area contributed by atoms with Crippen LogP contribution in [-0.2, 0) is 4.79 Å². The van der Waals surface area contributed by atoms with Crippen LogP contribution in [0.4, 0.5) is 0 Å². The normalized spacial score (nSPS) is 8.15. The van der Waals surface area contributed by atoms with Gasteiger partial charge in [0.05, 0.1) is 7.11 Å². The van der Waals surface area contributed by atoms with E-state index in [1.807, 2.05) is 0 Å². The summed E-state index contributed by atoms with van der Waals surface area (Å²) in [6, 6.07) is 4.64. The minimum Gasteiger partial charge on any atom is -0.504 e. The molecule has 72 valence electrons. The van der Waals surface area contributed by atoms with Crippen molar-refractivity contribution in [1.29, 1.82) is 0 Å². The van der Waals surface area contributed by atoms with Crippen LogP contribution in [0.1, 0.15) is 0 Å². The average Bonchev–Trinajstić information content (AvgIpc) is 2.10. The zero-order valence-corrected chi connectivity index (χ0v) is 7.65. The van der Waals surface area contributed by atoms with Gasteiger partial charge in [0.15, 0.2) is 11.5 Å². The van der Waals surface area contributed by atoms with Crippen molar-refractivity contribution in [2.75, 3.05) is 7.11 Å². The summed E-state index contributed by atoms with van der Waals surface area (Å²) >= 11 is 5.60. The van der Waals surface area contributed by atoms with E-state index >= 15 is 0 Å². The molecule has 0 aliphatic carbocycles. The highest BCUT2D eigenvalue weighted by atomic mass is 35.5. The molecule has 0 aliphatic rings. The lowest BCUT2D eigenvalue weighted by Gasteiger charge is -2.01. The predicted molar refractivity (Wildman–Crippen MR) is 48.4 cm³/mol. The van der Waals surface area contributed by atoms with Crippen LogP contribution in [0.2, 0.25) is 5.02 Å². The summed E-state index contributed by atoms with van der Waals surface area (Å²) in [4.78, 5) is 8.36. The van der Waals surface area contributed by atoms with E-state index in [1.165, 1.54) is 13.2 Å². The lowest BCUT2D eigenvalue weighted by atomic mass is 10.3. The Morgan fingerprint density at radius 2 is 2.08 bits per heavy atom. The molecule has 0 unspecified atom stereocenters. The lowest BCUT2D eigenvalue weighted by Crippen LogP contribution is -1.81. The van der Waals surface area contributed by atoms with Gasteiger partial charge in [-0.1, -0.05) is 11.6 Å². The third-order valence-corrected chi connectivity index (χ3v) is 1.38. The smallest absolute Gasteiger partial charge is 0.290 e. The van der Waals surface area contributed by atoms with Crippen LogP contribution in [0.5, 0.6) is 11.5 Å². The monoisotopic (exact) mass is 204 g/mol. The summed E-state index contributed by atoms with van der Waals surface area (Å²) in [5, 5.41) is 16.5. The molecular weight excluding hydrogens is 196 g/mol. The van der Waals surface area contributed by atoms with E-state index in [0.717, 1.165) is 0 Å². The Hall–Kier alpha value is -1.42. The average molecular weight is 205 g/mol. The van der Waals surface area contributed by atoms with Crippen molar-refractivity contribution in [1.82, 2.24) is 0 Å². The van der Waals surface area contributed by atoms with E-state index in [-0.39, 0.29) is 12.2 Å². The Morgan fingerprint density at radius 1 is 1.54 bits per heavy atom. The van der Waals surface area contributed by atoms with Gasteiger partial charge in [0.25, 0.3) is 6.47 Å². The number of phenols is 1. The summed E-state index contributed by atoms with van der Waals surface area (Å²) in [7, 11) is 1.48. The first-order chi connectivity index (χ1) is 6.15. The molecule has 0 saturated heterocycles. The van der Waals surface area contributed by atoms with Gasteiger partial charge in [-0.15, -0.1) is 0 Å². The number of halogens is 1. The zero-order chi connectivity index (χ0) is 10.3. The molecule has 0 aliphatic heterocycles. The van der Waals surface area contributed by atoms with Gasteiger partial charge < -0.3 is 14.9 Å². The molecule has 0 amide bonds. The highest BCUT2D eigenvalue weighted by molar-refractivity contribution is 6.30. The molecule has 0 radical (unpaired) electrons. The van der Waals surface area contributed by atoms with Crippen LogP contribution in [0, 0.1) is 0 Å². The van der Waals surface area contributed by atoms with Crippen molar-refractivity contribution in [2.45, 2.75) is 0 Å². The third-order valence-electron chi connectivity index (χ3n) is 1.14. The largest absolute Gasteiger partial charge is 0.504 e.